The van der Waals surface area contributed by atoms with E-state index in [9.17, 15) is 4.79 Å². The van der Waals surface area contributed by atoms with Crippen molar-refractivity contribution in [1.29, 1.82) is 0 Å². The second kappa shape index (κ2) is 4.74. The molecule has 1 amide bonds. The zero-order valence-corrected chi connectivity index (χ0v) is 11.9. The predicted molar refractivity (Wildman–Crippen MR) is 76.4 cm³/mol. The highest BCUT2D eigenvalue weighted by Gasteiger charge is 2.34. The molecule has 0 saturated heterocycles. The second-order valence-corrected chi connectivity index (χ2v) is 5.55. The molecule has 3 N–H and O–H groups in total. The standard InChI is InChI=1S/C14H21N3O2/c1-9-13(18)17(8-14(2,3)16-4)11-7-10(15)5-6-12(11)19-9/h5-7,9,16H,8,15H2,1-4H3. The van der Waals surface area contributed by atoms with Gasteiger partial charge in [-0.2, -0.15) is 0 Å². The van der Waals surface area contributed by atoms with Crippen molar-refractivity contribution >= 4 is 17.3 Å². The van der Waals surface area contributed by atoms with Gasteiger partial charge in [-0.25, -0.2) is 0 Å². The summed E-state index contributed by atoms with van der Waals surface area (Å²) in [6, 6.07) is 5.38. The van der Waals surface area contributed by atoms with Crippen molar-refractivity contribution in [3.8, 4) is 5.75 Å². The van der Waals surface area contributed by atoms with Gasteiger partial charge in [0.25, 0.3) is 5.91 Å². The van der Waals surface area contributed by atoms with Crippen LogP contribution in [0.4, 0.5) is 11.4 Å². The SMILES string of the molecule is CNC(C)(C)CN1C(=O)C(C)Oc2ccc(N)cc21. The lowest BCUT2D eigenvalue weighted by Crippen LogP contribution is -2.54. The van der Waals surface area contributed by atoms with Crippen LogP contribution >= 0.6 is 0 Å². The maximum Gasteiger partial charge on any atom is 0.267 e. The van der Waals surface area contributed by atoms with Crippen molar-refractivity contribution in [1.82, 2.24) is 5.32 Å². The first-order valence-electron chi connectivity index (χ1n) is 6.40. The zero-order chi connectivity index (χ0) is 14.2. The Morgan fingerprint density at radius 3 is 2.79 bits per heavy atom. The molecule has 0 fully saturated rings. The molecular weight excluding hydrogens is 242 g/mol. The molecule has 0 aromatic heterocycles. The van der Waals surface area contributed by atoms with Crippen LogP contribution in [0.1, 0.15) is 20.8 Å². The number of nitrogens with two attached hydrogens (primary N) is 1. The number of anilines is 2. The molecular formula is C14H21N3O2. The zero-order valence-electron chi connectivity index (χ0n) is 11.9. The minimum absolute atomic E-state index is 0.0403. The number of benzene rings is 1. The van der Waals surface area contributed by atoms with E-state index in [4.69, 9.17) is 10.5 Å². The number of nitrogens with one attached hydrogen (secondary N) is 1. The third-order valence-corrected chi connectivity index (χ3v) is 3.42. The molecule has 5 heteroatoms. The summed E-state index contributed by atoms with van der Waals surface area (Å²) in [6.45, 7) is 6.42. The molecule has 1 aliphatic heterocycles. The highest BCUT2D eigenvalue weighted by Crippen LogP contribution is 2.36. The molecule has 1 atom stereocenters. The van der Waals surface area contributed by atoms with E-state index in [0.717, 1.165) is 5.69 Å². The van der Waals surface area contributed by atoms with Gasteiger partial charge in [0, 0.05) is 17.8 Å². The molecule has 1 heterocycles. The molecule has 0 saturated carbocycles. The Kier molecular flexibility index (Phi) is 3.41. The molecule has 0 aliphatic carbocycles. The van der Waals surface area contributed by atoms with Gasteiger partial charge in [0.05, 0.1) is 5.69 Å². The van der Waals surface area contributed by atoms with Crippen LogP contribution in [0.15, 0.2) is 18.2 Å². The Bertz CT molecular complexity index is 499. The van der Waals surface area contributed by atoms with Crippen LogP contribution < -0.4 is 20.7 Å². The van der Waals surface area contributed by atoms with E-state index < -0.39 is 6.10 Å². The Morgan fingerprint density at radius 1 is 1.47 bits per heavy atom. The Balaban J connectivity index is 2.41. The first-order valence-corrected chi connectivity index (χ1v) is 6.40. The van der Waals surface area contributed by atoms with Gasteiger partial charge < -0.3 is 20.7 Å². The summed E-state index contributed by atoms with van der Waals surface area (Å²) in [7, 11) is 1.88. The lowest BCUT2D eigenvalue weighted by atomic mass is 10.0. The maximum absolute atomic E-state index is 12.3. The van der Waals surface area contributed by atoms with Crippen LogP contribution in [0.3, 0.4) is 0 Å². The summed E-state index contributed by atoms with van der Waals surface area (Å²) in [5, 5.41) is 3.20. The quantitative estimate of drug-likeness (QED) is 0.808. The van der Waals surface area contributed by atoms with Gasteiger partial charge >= 0.3 is 0 Å². The van der Waals surface area contributed by atoms with E-state index in [0.29, 0.717) is 18.0 Å². The highest BCUT2D eigenvalue weighted by molar-refractivity contribution is 6.00. The van der Waals surface area contributed by atoms with Crippen LogP contribution in [0.5, 0.6) is 5.75 Å². The molecule has 1 unspecified atom stereocenters. The number of nitrogen functional groups attached to an aromatic ring is 1. The third-order valence-electron chi connectivity index (χ3n) is 3.42. The number of nitrogens with zero attached hydrogens (tertiary/aromatic N) is 1. The van der Waals surface area contributed by atoms with Crippen LogP contribution in [0.2, 0.25) is 0 Å². The number of fused-ring (bicyclic) bond motifs is 1. The maximum atomic E-state index is 12.3. The number of carbonyl (C=O) groups excluding carboxylic acids is 1. The van der Waals surface area contributed by atoms with Gasteiger partial charge in [-0.1, -0.05) is 0 Å². The topological polar surface area (TPSA) is 67.6 Å². The number of amides is 1. The summed E-state index contributed by atoms with van der Waals surface area (Å²) >= 11 is 0. The van der Waals surface area contributed by atoms with Gasteiger partial charge in [0.2, 0.25) is 0 Å². The first kappa shape index (κ1) is 13.7. The van der Waals surface area contributed by atoms with Gasteiger partial charge in [-0.3, -0.25) is 4.79 Å². The average molecular weight is 263 g/mol. The number of rotatable bonds is 3. The van der Waals surface area contributed by atoms with Crippen LogP contribution in [-0.4, -0.2) is 31.1 Å². The van der Waals surface area contributed by atoms with Crippen molar-refractivity contribution in [2.75, 3.05) is 24.2 Å². The van der Waals surface area contributed by atoms with Gasteiger partial charge in [-0.15, -0.1) is 0 Å². The summed E-state index contributed by atoms with van der Waals surface area (Å²) < 4.78 is 5.61. The molecule has 0 bridgehead atoms. The van der Waals surface area contributed by atoms with Gasteiger partial charge in [0.1, 0.15) is 5.75 Å². The fourth-order valence-corrected chi connectivity index (χ4v) is 2.06. The minimum Gasteiger partial charge on any atom is -0.479 e. The van der Waals surface area contributed by atoms with Crippen LogP contribution in [-0.2, 0) is 4.79 Å². The normalized spacial score (nSPS) is 19.1. The van der Waals surface area contributed by atoms with Crippen molar-refractivity contribution in [2.24, 2.45) is 0 Å². The van der Waals surface area contributed by atoms with Gasteiger partial charge in [-0.05, 0) is 46.0 Å². The lowest BCUT2D eigenvalue weighted by Gasteiger charge is -2.38. The molecule has 0 radical (unpaired) electrons. The van der Waals surface area contributed by atoms with Gasteiger partial charge in [0.15, 0.2) is 6.10 Å². The second-order valence-electron chi connectivity index (χ2n) is 5.55. The van der Waals surface area contributed by atoms with Crippen LogP contribution in [0, 0.1) is 0 Å². The number of ether oxygens (including phenoxy) is 1. The van der Waals surface area contributed by atoms with E-state index in [1.165, 1.54) is 0 Å². The fourth-order valence-electron chi connectivity index (χ4n) is 2.06. The molecule has 19 heavy (non-hydrogen) atoms. The number of hydrogen-bond acceptors (Lipinski definition) is 4. The third kappa shape index (κ3) is 2.66. The number of hydrogen-bond donors (Lipinski definition) is 2. The van der Waals surface area contributed by atoms with Crippen molar-refractivity contribution in [3.63, 3.8) is 0 Å². The monoisotopic (exact) mass is 263 g/mol. The smallest absolute Gasteiger partial charge is 0.267 e. The molecule has 5 nitrogen and oxygen atoms in total. The predicted octanol–water partition coefficient (Wildman–Crippen LogP) is 1.38. The first-order chi connectivity index (χ1) is 8.84. The van der Waals surface area contributed by atoms with E-state index in [2.05, 4.69) is 5.32 Å². The van der Waals surface area contributed by atoms with Crippen molar-refractivity contribution < 1.29 is 9.53 Å². The van der Waals surface area contributed by atoms with E-state index in [1.54, 1.807) is 24.0 Å². The van der Waals surface area contributed by atoms with E-state index in [1.807, 2.05) is 27.0 Å². The summed E-state index contributed by atoms with van der Waals surface area (Å²) in [5.41, 5.74) is 6.99. The summed E-state index contributed by atoms with van der Waals surface area (Å²) in [5.74, 6) is 0.662. The molecule has 1 aliphatic rings. The van der Waals surface area contributed by atoms with Crippen molar-refractivity contribution in [2.45, 2.75) is 32.4 Å². The van der Waals surface area contributed by atoms with E-state index >= 15 is 0 Å². The molecule has 0 spiro atoms. The number of likely N-dealkylation sites (N-methyl/N-ethyl adjacent to an activating group) is 1. The van der Waals surface area contributed by atoms with Crippen LogP contribution in [0.25, 0.3) is 0 Å². The van der Waals surface area contributed by atoms with Crippen molar-refractivity contribution in [3.05, 3.63) is 18.2 Å². The number of carbonyl (C=O) groups is 1. The summed E-state index contributed by atoms with van der Waals surface area (Å²) in [6.07, 6.45) is -0.469. The van der Waals surface area contributed by atoms with E-state index in [-0.39, 0.29) is 11.4 Å². The molecule has 2 rings (SSSR count). The molecule has 1 aromatic rings. The fraction of sp³-hybridized carbons (Fsp3) is 0.500. The Hall–Kier alpha value is -1.75. The highest BCUT2D eigenvalue weighted by atomic mass is 16.5. The lowest BCUT2D eigenvalue weighted by molar-refractivity contribution is -0.125. The minimum atomic E-state index is -0.469. The molecule has 1 aromatic carbocycles. The Morgan fingerprint density at radius 2 is 2.16 bits per heavy atom. The molecule has 104 valence electrons. The largest absolute Gasteiger partial charge is 0.479 e. The summed E-state index contributed by atoms with van der Waals surface area (Å²) in [4.78, 5) is 14.1. The average Bonchev–Trinajstić information content (AvgIpc) is 2.36. The Labute approximate surface area is 113 Å².